The second kappa shape index (κ2) is 5.19. The summed E-state index contributed by atoms with van der Waals surface area (Å²) in [6.45, 7) is 2.51. The van der Waals surface area contributed by atoms with E-state index in [4.69, 9.17) is 10.8 Å². The highest BCUT2D eigenvalue weighted by Crippen LogP contribution is 2.13. The molecular weight excluding hydrogens is 194 g/mol. The molecule has 5 nitrogen and oxygen atoms in total. The second-order valence-electron chi connectivity index (χ2n) is 3.36. The molecule has 0 bridgehead atoms. The van der Waals surface area contributed by atoms with Crippen LogP contribution in [-0.4, -0.2) is 22.6 Å². The molecule has 4 N–H and O–H groups in total. The highest BCUT2D eigenvalue weighted by Gasteiger charge is 2.00. The van der Waals surface area contributed by atoms with E-state index in [2.05, 4.69) is 10.3 Å². The largest absolute Gasteiger partial charge is 0.481 e. The SMILES string of the molecule is Cc1cc(N)cnc1NCCCC(=O)O. The summed E-state index contributed by atoms with van der Waals surface area (Å²) in [5, 5.41) is 11.5. The Morgan fingerprint density at radius 3 is 3.00 bits per heavy atom. The van der Waals surface area contributed by atoms with Crippen molar-refractivity contribution >= 4 is 17.5 Å². The van der Waals surface area contributed by atoms with Gasteiger partial charge >= 0.3 is 5.97 Å². The van der Waals surface area contributed by atoms with Crippen molar-refractivity contribution in [3.63, 3.8) is 0 Å². The third-order valence-electron chi connectivity index (χ3n) is 1.96. The molecular formula is C10H15N3O2. The van der Waals surface area contributed by atoms with Crippen LogP contribution in [0.1, 0.15) is 18.4 Å². The first-order chi connectivity index (χ1) is 7.09. The van der Waals surface area contributed by atoms with Crippen molar-refractivity contribution in [1.82, 2.24) is 4.98 Å². The summed E-state index contributed by atoms with van der Waals surface area (Å²) in [5.41, 5.74) is 7.15. The smallest absolute Gasteiger partial charge is 0.303 e. The fraction of sp³-hybridized carbons (Fsp3) is 0.400. The standard InChI is InChI=1S/C10H15N3O2/c1-7-5-8(11)6-13-10(7)12-4-2-3-9(14)15/h5-6H,2-4,11H2,1H3,(H,12,13)(H,14,15). The zero-order valence-electron chi connectivity index (χ0n) is 8.66. The number of pyridine rings is 1. The average molecular weight is 209 g/mol. The molecule has 1 aromatic heterocycles. The van der Waals surface area contributed by atoms with E-state index in [0.29, 0.717) is 18.7 Å². The van der Waals surface area contributed by atoms with Crippen molar-refractivity contribution in [1.29, 1.82) is 0 Å². The number of nitrogens with one attached hydrogen (secondary N) is 1. The first-order valence-corrected chi connectivity index (χ1v) is 4.77. The maximum Gasteiger partial charge on any atom is 0.303 e. The summed E-state index contributed by atoms with van der Waals surface area (Å²) in [6, 6.07) is 1.83. The summed E-state index contributed by atoms with van der Waals surface area (Å²) in [7, 11) is 0. The Kier molecular flexibility index (Phi) is 3.91. The normalized spacial score (nSPS) is 9.93. The number of carboxylic acids is 1. The van der Waals surface area contributed by atoms with E-state index in [1.54, 1.807) is 6.20 Å². The Morgan fingerprint density at radius 2 is 2.40 bits per heavy atom. The van der Waals surface area contributed by atoms with Crippen molar-refractivity contribution in [2.45, 2.75) is 19.8 Å². The lowest BCUT2D eigenvalue weighted by Crippen LogP contribution is -2.07. The van der Waals surface area contributed by atoms with E-state index in [0.717, 1.165) is 11.4 Å². The Balaban J connectivity index is 2.40. The molecule has 0 aliphatic carbocycles. The minimum absolute atomic E-state index is 0.168. The van der Waals surface area contributed by atoms with E-state index in [1.807, 2.05) is 13.0 Å². The number of aryl methyl sites for hydroxylation is 1. The van der Waals surface area contributed by atoms with E-state index in [-0.39, 0.29) is 6.42 Å². The predicted octanol–water partition coefficient (Wildman–Crippen LogP) is 1.25. The van der Waals surface area contributed by atoms with Gasteiger partial charge in [0.05, 0.1) is 11.9 Å². The lowest BCUT2D eigenvalue weighted by atomic mass is 10.2. The van der Waals surface area contributed by atoms with Crippen molar-refractivity contribution < 1.29 is 9.90 Å². The molecule has 0 fully saturated rings. The summed E-state index contributed by atoms with van der Waals surface area (Å²) < 4.78 is 0. The number of carbonyl (C=O) groups is 1. The molecule has 0 aliphatic heterocycles. The van der Waals surface area contributed by atoms with Crippen LogP contribution in [0.2, 0.25) is 0 Å². The van der Waals surface area contributed by atoms with Gasteiger partial charge in [0, 0.05) is 13.0 Å². The van der Waals surface area contributed by atoms with Crippen molar-refractivity contribution in [2.24, 2.45) is 0 Å². The molecule has 82 valence electrons. The van der Waals surface area contributed by atoms with E-state index < -0.39 is 5.97 Å². The summed E-state index contributed by atoms with van der Waals surface area (Å²) >= 11 is 0. The second-order valence-corrected chi connectivity index (χ2v) is 3.36. The number of aliphatic carboxylic acids is 1. The number of nitrogens with two attached hydrogens (primary N) is 1. The Morgan fingerprint density at radius 1 is 1.67 bits per heavy atom. The van der Waals surface area contributed by atoms with Crippen LogP contribution < -0.4 is 11.1 Å². The van der Waals surface area contributed by atoms with Gasteiger partial charge in [-0.25, -0.2) is 4.98 Å². The van der Waals surface area contributed by atoms with Gasteiger partial charge in [-0.15, -0.1) is 0 Å². The van der Waals surface area contributed by atoms with Crippen molar-refractivity contribution in [3.05, 3.63) is 17.8 Å². The maximum absolute atomic E-state index is 10.3. The lowest BCUT2D eigenvalue weighted by molar-refractivity contribution is -0.137. The van der Waals surface area contributed by atoms with Gasteiger partial charge in [0.2, 0.25) is 0 Å². The predicted molar refractivity (Wildman–Crippen MR) is 58.7 cm³/mol. The van der Waals surface area contributed by atoms with Crippen LogP contribution in [0.5, 0.6) is 0 Å². The molecule has 0 saturated carbocycles. The highest BCUT2D eigenvalue weighted by molar-refractivity contribution is 5.66. The number of rotatable bonds is 5. The zero-order chi connectivity index (χ0) is 11.3. The molecule has 0 unspecified atom stereocenters. The summed E-state index contributed by atoms with van der Waals surface area (Å²) in [5.74, 6) is -0.0200. The molecule has 1 aromatic rings. The van der Waals surface area contributed by atoms with Gasteiger partial charge in [0.1, 0.15) is 5.82 Å². The molecule has 0 amide bonds. The van der Waals surface area contributed by atoms with Crippen LogP contribution >= 0.6 is 0 Å². The van der Waals surface area contributed by atoms with E-state index >= 15 is 0 Å². The van der Waals surface area contributed by atoms with Gasteiger partial charge in [0.15, 0.2) is 0 Å². The Hall–Kier alpha value is -1.78. The number of nitrogen functional groups attached to an aromatic ring is 1. The number of hydrogen-bond donors (Lipinski definition) is 3. The summed E-state index contributed by atoms with van der Waals surface area (Å²) in [6.07, 6.45) is 2.33. The fourth-order valence-electron chi connectivity index (χ4n) is 1.23. The molecule has 0 saturated heterocycles. The third-order valence-corrected chi connectivity index (χ3v) is 1.96. The van der Waals surface area contributed by atoms with Crippen molar-refractivity contribution in [2.75, 3.05) is 17.6 Å². The van der Waals surface area contributed by atoms with Gasteiger partial charge in [-0.2, -0.15) is 0 Å². The molecule has 1 heterocycles. The zero-order valence-corrected chi connectivity index (χ0v) is 8.66. The quantitative estimate of drug-likeness (QED) is 0.635. The fourth-order valence-corrected chi connectivity index (χ4v) is 1.23. The topological polar surface area (TPSA) is 88.2 Å². The van der Waals surface area contributed by atoms with Crippen LogP contribution in [0.15, 0.2) is 12.3 Å². The summed E-state index contributed by atoms with van der Waals surface area (Å²) in [4.78, 5) is 14.4. The monoisotopic (exact) mass is 209 g/mol. The Labute approximate surface area is 88.3 Å². The molecule has 0 aromatic carbocycles. The molecule has 0 aliphatic rings. The van der Waals surface area contributed by atoms with Crippen LogP contribution in [-0.2, 0) is 4.79 Å². The van der Waals surface area contributed by atoms with Crippen LogP contribution in [0.4, 0.5) is 11.5 Å². The minimum atomic E-state index is -0.779. The van der Waals surface area contributed by atoms with Crippen LogP contribution in [0.3, 0.4) is 0 Å². The Bertz CT molecular complexity index is 353. The molecule has 1 rings (SSSR count). The number of hydrogen-bond acceptors (Lipinski definition) is 4. The molecule has 5 heteroatoms. The molecule has 15 heavy (non-hydrogen) atoms. The van der Waals surface area contributed by atoms with Crippen molar-refractivity contribution in [3.8, 4) is 0 Å². The van der Waals surface area contributed by atoms with Gasteiger partial charge in [-0.05, 0) is 25.0 Å². The van der Waals surface area contributed by atoms with Crippen LogP contribution in [0, 0.1) is 6.92 Å². The number of aromatic nitrogens is 1. The van der Waals surface area contributed by atoms with E-state index in [1.165, 1.54) is 0 Å². The van der Waals surface area contributed by atoms with Gasteiger partial charge in [-0.1, -0.05) is 0 Å². The first-order valence-electron chi connectivity index (χ1n) is 4.77. The number of nitrogens with zero attached hydrogens (tertiary/aromatic N) is 1. The minimum Gasteiger partial charge on any atom is -0.481 e. The van der Waals surface area contributed by atoms with Gasteiger partial charge in [0.25, 0.3) is 0 Å². The highest BCUT2D eigenvalue weighted by atomic mass is 16.4. The molecule has 0 radical (unpaired) electrons. The van der Waals surface area contributed by atoms with Gasteiger partial charge < -0.3 is 16.2 Å². The lowest BCUT2D eigenvalue weighted by Gasteiger charge is -2.07. The number of carboxylic acid groups (broad SMARTS) is 1. The van der Waals surface area contributed by atoms with E-state index in [9.17, 15) is 4.79 Å². The van der Waals surface area contributed by atoms with Gasteiger partial charge in [-0.3, -0.25) is 4.79 Å². The molecule has 0 atom stereocenters. The first kappa shape index (κ1) is 11.3. The maximum atomic E-state index is 10.3. The average Bonchev–Trinajstić information content (AvgIpc) is 2.14. The molecule has 0 spiro atoms. The third kappa shape index (κ3) is 3.84. The van der Waals surface area contributed by atoms with Crippen LogP contribution in [0.25, 0.3) is 0 Å². The number of anilines is 2.